The molecule has 0 spiro atoms. The van der Waals surface area contributed by atoms with E-state index in [0.29, 0.717) is 6.42 Å². The van der Waals surface area contributed by atoms with Crippen molar-refractivity contribution >= 4 is 5.97 Å². The lowest BCUT2D eigenvalue weighted by atomic mass is 9.72. The predicted molar refractivity (Wildman–Crippen MR) is 107 cm³/mol. The monoisotopic (exact) mass is 370 g/mol. The maximum atomic E-state index is 12.3. The Morgan fingerprint density at radius 3 is 1.70 bits per heavy atom. The van der Waals surface area contributed by atoms with Crippen LogP contribution in [0.25, 0.3) is 0 Å². The highest BCUT2D eigenvalue weighted by molar-refractivity contribution is 5.70. The molecule has 4 nitrogen and oxygen atoms in total. The first-order chi connectivity index (χ1) is 12.4. The smallest absolute Gasteiger partial charge is 0.306 e. The van der Waals surface area contributed by atoms with E-state index in [9.17, 15) is 15.0 Å². The van der Waals surface area contributed by atoms with Crippen molar-refractivity contribution in [3.8, 4) is 11.5 Å². The van der Waals surface area contributed by atoms with Crippen molar-refractivity contribution in [2.75, 3.05) is 0 Å². The van der Waals surface area contributed by atoms with Gasteiger partial charge in [0.1, 0.15) is 17.1 Å². The lowest BCUT2D eigenvalue weighted by Crippen LogP contribution is -2.28. The van der Waals surface area contributed by atoms with Crippen LogP contribution in [0.4, 0.5) is 0 Å². The molecule has 0 fully saturated rings. The molecule has 0 saturated heterocycles. The van der Waals surface area contributed by atoms with Crippen molar-refractivity contribution in [3.05, 3.63) is 58.7 Å². The molecule has 0 aliphatic carbocycles. The van der Waals surface area contributed by atoms with Gasteiger partial charge in [0.05, 0.1) is 0 Å². The summed E-state index contributed by atoms with van der Waals surface area (Å²) in [5, 5.41) is 19.8. The third-order valence-electron chi connectivity index (χ3n) is 4.92. The zero-order chi connectivity index (χ0) is 20.4. The van der Waals surface area contributed by atoms with E-state index in [1.165, 1.54) is 0 Å². The second kappa shape index (κ2) is 7.63. The van der Waals surface area contributed by atoms with Gasteiger partial charge in [-0.2, -0.15) is 0 Å². The van der Waals surface area contributed by atoms with E-state index in [1.54, 1.807) is 12.1 Å². The molecule has 0 unspecified atom stereocenters. The second-order valence-electron chi connectivity index (χ2n) is 8.42. The average Bonchev–Trinajstić information content (AvgIpc) is 2.56. The molecule has 2 aromatic rings. The molecular formula is C23H30O4. The molecule has 2 N–H and O–H groups in total. The van der Waals surface area contributed by atoms with Gasteiger partial charge in [-0.3, -0.25) is 4.79 Å². The molecule has 27 heavy (non-hydrogen) atoms. The Morgan fingerprint density at radius 1 is 0.889 bits per heavy atom. The molecule has 0 aliphatic rings. The minimum Gasteiger partial charge on any atom is -0.508 e. The number of aromatic hydroxyl groups is 2. The molecule has 0 aliphatic heterocycles. The molecule has 2 rings (SSSR count). The summed E-state index contributed by atoms with van der Waals surface area (Å²) >= 11 is 0. The topological polar surface area (TPSA) is 66.8 Å². The molecule has 0 heterocycles. The largest absolute Gasteiger partial charge is 0.508 e. The van der Waals surface area contributed by atoms with Crippen LogP contribution in [0.1, 0.15) is 62.8 Å². The van der Waals surface area contributed by atoms with Crippen LogP contribution >= 0.6 is 0 Å². The van der Waals surface area contributed by atoms with Crippen LogP contribution in [0, 0.1) is 13.8 Å². The number of esters is 1. The van der Waals surface area contributed by atoms with Gasteiger partial charge in [0.2, 0.25) is 0 Å². The molecule has 0 saturated carbocycles. The molecule has 146 valence electrons. The third kappa shape index (κ3) is 5.03. The van der Waals surface area contributed by atoms with Crippen molar-refractivity contribution in [1.82, 2.24) is 0 Å². The first-order valence-corrected chi connectivity index (χ1v) is 9.24. The minimum atomic E-state index is -0.516. The molecule has 0 radical (unpaired) electrons. The van der Waals surface area contributed by atoms with Gasteiger partial charge >= 0.3 is 5.97 Å². The van der Waals surface area contributed by atoms with Crippen LogP contribution in [-0.2, 0) is 14.9 Å². The number of carbonyl (C=O) groups is 1. The summed E-state index contributed by atoms with van der Waals surface area (Å²) in [6, 6.07) is 11.0. The Hall–Kier alpha value is -2.49. The molecule has 0 aromatic heterocycles. The molecule has 0 bridgehead atoms. The summed E-state index contributed by atoms with van der Waals surface area (Å²) in [5.41, 5.74) is 2.60. The number of hydrogen-bond acceptors (Lipinski definition) is 4. The first-order valence-electron chi connectivity index (χ1n) is 9.24. The summed E-state index contributed by atoms with van der Waals surface area (Å²) < 4.78 is 5.47. The Morgan fingerprint density at radius 2 is 1.33 bits per heavy atom. The Bertz CT molecular complexity index is 779. The number of aryl methyl sites for hydroxylation is 2. The predicted octanol–water partition coefficient (Wildman–Crippen LogP) is 5.14. The molecule has 0 atom stereocenters. The van der Waals surface area contributed by atoms with E-state index < -0.39 is 11.0 Å². The van der Waals surface area contributed by atoms with Crippen molar-refractivity contribution in [2.24, 2.45) is 0 Å². The number of hydrogen-bond donors (Lipinski definition) is 2. The number of phenols is 2. The average molecular weight is 370 g/mol. The van der Waals surface area contributed by atoms with E-state index >= 15 is 0 Å². The van der Waals surface area contributed by atoms with E-state index in [2.05, 4.69) is 6.92 Å². The lowest BCUT2D eigenvalue weighted by Gasteiger charge is -2.32. The van der Waals surface area contributed by atoms with Crippen LogP contribution in [0.2, 0.25) is 0 Å². The fraction of sp³-hybridized carbons (Fsp3) is 0.435. The van der Waals surface area contributed by atoms with E-state index in [4.69, 9.17) is 4.74 Å². The number of carbonyl (C=O) groups excluding carboxylic acids is 1. The fourth-order valence-corrected chi connectivity index (χ4v) is 3.20. The molecule has 0 amide bonds. The van der Waals surface area contributed by atoms with Crippen molar-refractivity contribution < 1.29 is 19.7 Å². The standard InChI is InChI=1S/C23H30O4/c1-15-13-17(7-9-19(15)24)23(6,12-11-21(26)27-22(3,4)5)18-8-10-20(25)16(2)14-18/h7-10,13-14,24-25H,11-12H2,1-6H3. The van der Waals surface area contributed by atoms with Crippen molar-refractivity contribution in [3.63, 3.8) is 0 Å². The van der Waals surface area contributed by atoms with Gasteiger partial charge in [0.15, 0.2) is 0 Å². The molecular weight excluding hydrogens is 340 g/mol. The quantitative estimate of drug-likeness (QED) is 0.715. The zero-order valence-electron chi connectivity index (χ0n) is 17.1. The second-order valence-corrected chi connectivity index (χ2v) is 8.42. The minimum absolute atomic E-state index is 0.236. The summed E-state index contributed by atoms with van der Waals surface area (Å²) in [6.07, 6.45) is 0.823. The zero-order valence-corrected chi connectivity index (χ0v) is 17.1. The molecule has 4 heteroatoms. The van der Waals surface area contributed by atoms with Gasteiger partial charge in [-0.25, -0.2) is 0 Å². The number of rotatable bonds is 5. The summed E-state index contributed by atoms with van der Waals surface area (Å²) in [5.74, 6) is 0.255. The van der Waals surface area contributed by atoms with Gasteiger partial charge in [-0.1, -0.05) is 31.2 Å². The van der Waals surface area contributed by atoms with E-state index in [-0.39, 0.29) is 23.9 Å². The lowest BCUT2D eigenvalue weighted by molar-refractivity contribution is -0.155. The SMILES string of the molecule is Cc1cc(C(C)(CCC(=O)OC(C)(C)C)c2ccc(O)c(C)c2)ccc1O. The maximum absolute atomic E-state index is 12.3. The van der Waals surface area contributed by atoms with Crippen LogP contribution < -0.4 is 0 Å². The Kier molecular flexibility index (Phi) is 5.88. The number of benzene rings is 2. The third-order valence-corrected chi connectivity index (χ3v) is 4.92. The number of ether oxygens (including phenoxy) is 1. The van der Waals surface area contributed by atoms with Crippen LogP contribution in [0.5, 0.6) is 11.5 Å². The van der Waals surface area contributed by atoms with Crippen molar-refractivity contribution in [2.45, 2.75) is 65.4 Å². The van der Waals surface area contributed by atoms with Gasteiger partial charge in [0, 0.05) is 11.8 Å². The van der Waals surface area contributed by atoms with E-state index in [0.717, 1.165) is 22.3 Å². The Balaban J connectivity index is 2.42. The summed E-state index contributed by atoms with van der Waals surface area (Å²) in [4.78, 5) is 12.3. The van der Waals surface area contributed by atoms with Gasteiger partial charge in [-0.15, -0.1) is 0 Å². The maximum Gasteiger partial charge on any atom is 0.306 e. The highest BCUT2D eigenvalue weighted by Crippen LogP contribution is 2.39. The number of phenolic OH excluding ortho intramolecular Hbond substituents is 2. The highest BCUT2D eigenvalue weighted by Gasteiger charge is 2.31. The van der Waals surface area contributed by atoms with E-state index in [1.807, 2.05) is 58.9 Å². The fourth-order valence-electron chi connectivity index (χ4n) is 3.20. The summed E-state index contributed by atoms with van der Waals surface area (Å²) in [7, 11) is 0. The van der Waals surface area contributed by atoms with Crippen LogP contribution in [0.3, 0.4) is 0 Å². The van der Waals surface area contributed by atoms with Crippen molar-refractivity contribution in [1.29, 1.82) is 0 Å². The highest BCUT2D eigenvalue weighted by atomic mass is 16.6. The normalized spacial score (nSPS) is 12.1. The van der Waals surface area contributed by atoms with Crippen LogP contribution in [-0.4, -0.2) is 21.8 Å². The molecule has 2 aromatic carbocycles. The van der Waals surface area contributed by atoms with Gasteiger partial charge in [0.25, 0.3) is 0 Å². The summed E-state index contributed by atoms with van der Waals surface area (Å²) in [6.45, 7) is 11.4. The first kappa shape index (κ1) is 20.8. The van der Waals surface area contributed by atoms with Gasteiger partial charge < -0.3 is 14.9 Å². The van der Waals surface area contributed by atoms with Crippen LogP contribution in [0.15, 0.2) is 36.4 Å². The Labute approximate surface area is 161 Å². The van der Waals surface area contributed by atoms with Gasteiger partial charge in [-0.05, 0) is 75.4 Å².